The van der Waals surface area contributed by atoms with Crippen molar-refractivity contribution in [3.8, 4) is 17.0 Å². The Bertz CT molecular complexity index is 917. The van der Waals surface area contributed by atoms with Crippen LogP contribution in [-0.4, -0.2) is 61.8 Å². The lowest BCUT2D eigenvalue weighted by molar-refractivity contribution is -0.275. The number of piperazine rings is 1. The molecule has 3 rings (SSSR count). The summed E-state index contributed by atoms with van der Waals surface area (Å²) < 4.78 is 71.6. The molecule has 0 N–H and O–H groups in total. The van der Waals surface area contributed by atoms with Gasteiger partial charge in [0.05, 0.1) is 0 Å². The molecule has 0 unspecified atom stereocenters. The summed E-state index contributed by atoms with van der Waals surface area (Å²) in [6.07, 6.45) is -3.26. The minimum Gasteiger partial charge on any atom is -0.404 e. The molecule has 1 aliphatic heterocycles. The number of ether oxygens (including phenoxy) is 1. The van der Waals surface area contributed by atoms with E-state index in [2.05, 4.69) is 4.74 Å². The lowest BCUT2D eigenvalue weighted by atomic mass is 10.1. The molecule has 1 aliphatic rings. The Morgan fingerprint density at radius 1 is 1.04 bits per heavy atom. The van der Waals surface area contributed by atoms with Crippen molar-refractivity contribution in [1.29, 1.82) is 0 Å². The summed E-state index contributed by atoms with van der Waals surface area (Å²) in [6.45, 7) is 1.44. The highest BCUT2D eigenvalue weighted by atomic mass is 32.2. The lowest BCUT2D eigenvalue weighted by Gasteiger charge is -2.32. The molecule has 1 saturated heterocycles. The van der Waals surface area contributed by atoms with Crippen LogP contribution in [0.2, 0.25) is 0 Å². The van der Waals surface area contributed by atoms with Crippen molar-refractivity contribution < 1.29 is 26.3 Å². The van der Waals surface area contributed by atoms with E-state index in [1.807, 2.05) is 11.9 Å². The normalized spacial score (nSPS) is 17.2. The zero-order chi connectivity index (χ0) is 19.8. The Balaban J connectivity index is 2.04. The average Bonchev–Trinajstić information content (AvgIpc) is 2.99. The molecule has 1 fully saturated rings. The summed E-state index contributed by atoms with van der Waals surface area (Å²) >= 11 is 0. The Labute approximate surface area is 155 Å². The third kappa shape index (κ3) is 4.28. The standard InChI is InChI=1S/C17H20F3N3O3S/c1-21-8-10-23(11-9-21)27(24,25)16-6-5-13(14-4-3-7-22(14)2)12-15(16)26-17(18,19)20/h3-7,12H,8-11H2,1-2H3. The molecule has 10 heteroatoms. The molecule has 0 radical (unpaired) electrons. The van der Waals surface area contributed by atoms with E-state index in [-0.39, 0.29) is 13.1 Å². The second kappa shape index (κ2) is 7.17. The molecule has 0 bridgehead atoms. The Morgan fingerprint density at radius 3 is 2.26 bits per heavy atom. The van der Waals surface area contributed by atoms with Crippen LogP contribution in [0.4, 0.5) is 13.2 Å². The van der Waals surface area contributed by atoms with Gasteiger partial charge in [-0.1, -0.05) is 6.07 Å². The Morgan fingerprint density at radius 2 is 1.70 bits per heavy atom. The highest BCUT2D eigenvalue weighted by molar-refractivity contribution is 7.89. The van der Waals surface area contributed by atoms with Gasteiger partial charge in [-0.25, -0.2) is 8.42 Å². The maximum atomic E-state index is 12.9. The molecule has 0 spiro atoms. The fourth-order valence-corrected chi connectivity index (χ4v) is 4.53. The third-order valence-electron chi connectivity index (χ3n) is 4.49. The topological polar surface area (TPSA) is 54.8 Å². The quantitative estimate of drug-likeness (QED) is 0.787. The Kier molecular flexibility index (Phi) is 5.24. The van der Waals surface area contributed by atoms with Crippen molar-refractivity contribution in [3.05, 3.63) is 36.5 Å². The van der Waals surface area contributed by atoms with Crippen LogP contribution in [0.3, 0.4) is 0 Å². The van der Waals surface area contributed by atoms with Crippen LogP contribution >= 0.6 is 0 Å². The van der Waals surface area contributed by atoms with E-state index in [1.165, 1.54) is 16.4 Å². The molecule has 1 aromatic carbocycles. The van der Waals surface area contributed by atoms with Crippen LogP contribution in [0.5, 0.6) is 5.75 Å². The fraction of sp³-hybridized carbons (Fsp3) is 0.412. The maximum Gasteiger partial charge on any atom is 0.573 e. The molecule has 0 saturated carbocycles. The van der Waals surface area contributed by atoms with Gasteiger partial charge in [0.2, 0.25) is 10.0 Å². The number of alkyl halides is 3. The van der Waals surface area contributed by atoms with Gasteiger partial charge in [0, 0.05) is 50.7 Å². The van der Waals surface area contributed by atoms with Crippen LogP contribution in [-0.2, 0) is 17.1 Å². The first kappa shape index (κ1) is 19.7. The van der Waals surface area contributed by atoms with E-state index < -0.39 is 27.0 Å². The van der Waals surface area contributed by atoms with Crippen LogP contribution in [0.25, 0.3) is 11.3 Å². The number of rotatable bonds is 4. The highest BCUT2D eigenvalue weighted by Crippen LogP contribution is 2.35. The molecular weight excluding hydrogens is 383 g/mol. The van der Waals surface area contributed by atoms with Crippen molar-refractivity contribution in [2.24, 2.45) is 7.05 Å². The van der Waals surface area contributed by atoms with Crippen LogP contribution < -0.4 is 4.74 Å². The first-order valence-electron chi connectivity index (χ1n) is 8.28. The second-order valence-corrected chi connectivity index (χ2v) is 8.33. The second-order valence-electron chi connectivity index (χ2n) is 6.42. The minimum atomic E-state index is -5.00. The van der Waals surface area contributed by atoms with E-state index in [1.54, 1.807) is 29.9 Å². The Hall–Kier alpha value is -2.04. The number of halogens is 3. The fourth-order valence-electron chi connectivity index (χ4n) is 3.01. The predicted molar refractivity (Wildman–Crippen MR) is 93.8 cm³/mol. The number of likely N-dealkylation sites (N-methyl/N-ethyl adjacent to an activating group) is 1. The monoisotopic (exact) mass is 403 g/mol. The molecule has 6 nitrogen and oxygen atoms in total. The molecule has 1 aromatic heterocycles. The summed E-state index contributed by atoms with van der Waals surface area (Å²) in [4.78, 5) is 1.47. The zero-order valence-electron chi connectivity index (χ0n) is 14.9. The number of nitrogens with zero attached hydrogens (tertiary/aromatic N) is 3. The van der Waals surface area contributed by atoms with E-state index in [0.29, 0.717) is 24.3 Å². The zero-order valence-corrected chi connectivity index (χ0v) is 15.7. The number of aryl methyl sites for hydroxylation is 1. The molecule has 27 heavy (non-hydrogen) atoms. The highest BCUT2D eigenvalue weighted by Gasteiger charge is 2.36. The van der Waals surface area contributed by atoms with Gasteiger partial charge in [0.15, 0.2) is 0 Å². The van der Waals surface area contributed by atoms with Gasteiger partial charge < -0.3 is 14.2 Å². The molecule has 148 valence electrons. The van der Waals surface area contributed by atoms with E-state index >= 15 is 0 Å². The molecule has 2 heterocycles. The summed E-state index contributed by atoms with van der Waals surface area (Å²) in [5.41, 5.74) is 1.07. The van der Waals surface area contributed by atoms with Gasteiger partial charge in [-0.15, -0.1) is 13.2 Å². The van der Waals surface area contributed by atoms with Gasteiger partial charge in [0.25, 0.3) is 0 Å². The van der Waals surface area contributed by atoms with Crippen molar-refractivity contribution >= 4 is 10.0 Å². The van der Waals surface area contributed by atoms with Crippen LogP contribution in [0, 0.1) is 0 Å². The molecule has 0 amide bonds. The van der Waals surface area contributed by atoms with E-state index in [0.717, 1.165) is 6.07 Å². The van der Waals surface area contributed by atoms with Gasteiger partial charge in [-0.3, -0.25) is 0 Å². The minimum absolute atomic E-state index is 0.212. The van der Waals surface area contributed by atoms with Crippen molar-refractivity contribution in [3.63, 3.8) is 0 Å². The maximum absolute atomic E-state index is 12.9. The molecule has 0 aliphatic carbocycles. The third-order valence-corrected chi connectivity index (χ3v) is 6.43. The number of hydrogen-bond donors (Lipinski definition) is 0. The lowest BCUT2D eigenvalue weighted by Crippen LogP contribution is -2.47. The van der Waals surface area contributed by atoms with Crippen LogP contribution in [0.15, 0.2) is 41.4 Å². The van der Waals surface area contributed by atoms with Gasteiger partial charge in [-0.05, 0) is 31.3 Å². The van der Waals surface area contributed by atoms with Gasteiger partial charge in [-0.2, -0.15) is 4.31 Å². The van der Waals surface area contributed by atoms with Gasteiger partial charge >= 0.3 is 6.36 Å². The number of aromatic nitrogens is 1. The van der Waals surface area contributed by atoms with E-state index in [9.17, 15) is 21.6 Å². The number of sulfonamides is 1. The average molecular weight is 403 g/mol. The predicted octanol–water partition coefficient (Wildman–Crippen LogP) is 2.53. The number of hydrogen-bond acceptors (Lipinski definition) is 4. The van der Waals surface area contributed by atoms with Crippen molar-refractivity contribution in [2.75, 3.05) is 33.2 Å². The van der Waals surface area contributed by atoms with Crippen molar-refractivity contribution in [2.45, 2.75) is 11.3 Å². The van der Waals surface area contributed by atoms with E-state index in [4.69, 9.17) is 0 Å². The first-order valence-corrected chi connectivity index (χ1v) is 9.72. The number of benzene rings is 1. The molecular formula is C17H20F3N3O3S. The first-order chi connectivity index (χ1) is 12.6. The van der Waals surface area contributed by atoms with Crippen LogP contribution in [0.1, 0.15) is 0 Å². The summed E-state index contributed by atoms with van der Waals surface area (Å²) in [5.74, 6) is -0.722. The van der Waals surface area contributed by atoms with Gasteiger partial charge in [0.1, 0.15) is 10.6 Å². The summed E-state index contributed by atoms with van der Waals surface area (Å²) in [5, 5.41) is 0. The SMILES string of the molecule is CN1CCN(S(=O)(=O)c2ccc(-c3cccn3C)cc2OC(F)(F)F)CC1. The molecule has 2 aromatic rings. The summed E-state index contributed by atoms with van der Waals surface area (Å²) in [7, 11) is -0.507. The smallest absolute Gasteiger partial charge is 0.404 e. The summed E-state index contributed by atoms with van der Waals surface area (Å²) in [6, 6.07) is 7.25. The van der Waals surface area contributed by atoms with Crippen molar-refractivity contribution in [1.82, 2.24) is 13.8 Å². The molecule has 0 atom stereocenters. The largest absolute Gasteiger partial charge is 0.573 e.